The van der Waals surface area contributed by atoms with Crippen LogP contribution in [-0.4, -0.2) is 54.0 Å². The monoisotopic (exact) mass is 551 g/mol. The van der Waals surface area contributed by atoms with Crippen LogP contribution in [0.2, 0.25) is 0 Å². The molecule has 0 saturated heterocycles. The zero-order chi connectivity index (χ0) is 27.9. The molecule has 0 aliphatic carbocycles. The van der Waals surface area contributed by atoms with Crippen molar-refractivity contribution in [3.8, 4) is 0 Å². The molecular formula is C28H29N3O7S. The number of amides is 2. The number of aromatic nitrogens is 1. The molecule has 4 N–H and O–H groups in total. The number of benzene rings is 3. The smallest absolute Gasteiger partial charge is 0.404 e. The Balaban J connectivity index is 1.57. The topological polar surface area (TPSA) is 159 Å². The molecule has 2 atom stereocenters. The predicted octanol–water partition coefficient (Wildman–Crippen LogP) is 3.02. The number of sulfone groups is 1. The molecule has 4 rings (SSSR count). The highest BCUT2D eigenvalue weighted by Crippen LogP contribution is 2.29. The van der Waals surface area contributed by atoms with Crippen molar-refractivity contribution in [3.63, 3.8) is 0 Å². The van der Waals surface area contributed by atoms with Gasteiger partial charge in [0.1, 0.15) is 5.52 Å². The quantitative estimate of drug-likeness (QED) is 0.209. The molecule has 1 aromatic heterocycles. The lowest BCUT2D eigenvalue weighted by Crippen LogP contribution is -2.50. The largest absolute Gasteiger partial charge is 0.465 e. The third kappa shape index (κ3) is 7.21. The molecule has 11 heteroatoms. The van der Waals surface area contributed by atoms with Crippen molar-refractivity contribution in [3.05, 3.63) is 102 Å². The SMILES string of the molecule is O=C(O)NCC(C(=O)NCC(O)(CCc1ccccc1)c1nc2ccccc2o1)S(=O)(=O)Cc1ccccc1. The lowest BCUT2D eigenvalue weighted by Gasteiger charge is -2.26. The Hall–Kier alpha value is -4.22. The van der Waals surface area contributed by atoms with Gasteiger partial charge in [-0.1, -0.05) is 72.8 Å². The molecule has 0 spiro atoms. The summed E-state index contributed by atoms with van der Waals surface area (Å²) in [7, 11) is -4.14. The molecule has 0 radical (unpaired) electrons. The normalized spacial score (nSPS) is 13.9. The molecule has 204 valence electrons. The molecule has 39 heavy (non-hydrogen) atoms. The first kappa shape index (κ1) is 27.8. The van der Waals surface area contributed by atoms with E-state index in [-0.39, 0.29) is 12.3 Å². The number of carbonyl (C=O) groups is 2. The number of nitrogens with one attached hydrogen (secondary N) is 2. The van der Waals surface area contributed by atoms with Gasteiger partial charge >= 0.3 is 6.09 Å². The zero-order valence-electron chi connectivity index (χ0n) is 21.0. The van der Waals surface area contributed by atoms with Crippen molar-refractivity contribution in [2.24, 2.45) is 0 Å². The number of hydrogen-bond acceptors (Lipinski definition) is 7. The summed E-state index contributed by atoms with van der Waals surface area (Å²) >= 11 is 0. The van der Waals surface area contributed by atoms with Gasteiger partial charge in [0.25, 0.3) is 0 Å². The average molecular weight is 552 g/mol. The van der Waals surface area contributed by atoms with Crippen LogP contribution in [-0.2, 0) is 32.4 Å². The molecule has 0 saturated carbocycles. The zero-order valence-corrected chi connectivity index (χ0v) is 21.8. The lowest BCUT2D eigenvalue weighted by atomic mass is 9.94. The maximum absolute atomic E-state index is 13.2. The molecule has 0 aliphatic rings. The Morgan fingerprint density at radius 3 is 2.15 bits per heavy atom. The number of nitrogens with zero attached hydrogens (tertiary/aromatic N) is 1. The van der Waals surface area contributed by atoms with Crippen molar-refractivity contribution in [2.75, 3.05) is 13.1 Å². The van der Waals surface area contributed by atoms with E-state index in [1.54, 1.807) is 54.6 Å². The van der Waals surface area contributed by atoms with Crippen molar-refractivity contribution in [1.29, 1.82) is 0 Å². The summed E-state index contributed by atoms with van der Waals surface area (Å²) in [4.78, 5) is 28.8. The number of carboxylic acid groups (broad SMARTS) is 1. The van der Waals surface area contributed by atoms with Crippen LogP contribution in [0.15, 0.2) is 89.3 Å². The van der Waals surface area contributed by atoms with Crippen LogP contribution in [0.3, 0.4) is 0 Å². The number of hydrogen-bond donors (Lipinski definition) is 4. The standard InChI is InChI=1S/C28H29N3O7S/c32-25(24(17-29-27(33)34)39(36,37)18-21-11-5-2-6-12-21)30-19-28(35,16-15-20-9-3-1-4-10-20)26-31-22-13-7-8-14-23(22)38-26/h1-14,24,29,35H,15-19H2,(H,30,32)(H,33,34). The fourth-order valence-corrected chi connectivity index (χ4v) is 5.76. The van der Waals surface area contributed by atoms with Gasteiger partial charge < -0.3 is 25.3 Å². The number of oxazole rings is 1. The van der Waals surface area contributed by atoms with Gasteiger partial charge in [-0.3, -0.25) is 4.79 Å². The minimum Gasteiger partial charge on any atom is -0.465 e. The van der Waals surface area contributed by atoms with Gasteiger partial charge in [-0.25, -0.2) is 18.2 Å². The van der Waals surface area contributed by atoms with Gasteiger partial charge in [0.15, 0.2) is 26.3 Å². The van der Waals surface area contributed by atoms with E-state index in [1.165, 1.54) is 0 Å². The molecule has 4 aromatic rings. The number of aliphatic hydroxyl groups is 1. The van der Waals surface area contributed by atoms with Crippen molar-refractivity contribution in [1.82, 2.24) is 15.6 Å². The van der Waals surface area contributed by atoms with Crippen LogP contribution in [0.1, 0.15) is 23.4 Å². The summed E-state index contributed by atoms with van der Waals surface area (Å²) < 4.78 is 32.2. The van der Waals surface area contributed by atoms with Crippen molar-refractivity contribution < 1.29 is 32.6 Å². The molecule has 0 bridgehead atoms. The maximum Gasteiger partial charge on any atom is 0.404 e. The van der Waals surface area contributed by atoms with E-state index in [2.05, 4.69) is 10.3 Å². The number of rotatable bonds is 12. The Bertz CT molecular complexity index is 1490. The van der Waals surface area contributed by atoms with Crippen LogP contribution in [0.4, 0.5) is 4.79 Å². The first-order valence-electron chi connectivity index (χ1n) is 12.3. The second-order valence-corrected chi connectivity index (χ2v) is 11.4. The second-order valence-electron chi connectivity index (χ2n) is 9.19. The molecule has 0 aliphatic heterocycles. The molecule has 2 amide bonds. The minimum atomic E-state index is -4.14. The van der Waals surface area contributed by atoms with Crippen molar-refractivity contribution in [2.45, 2.75) is 29.4 Å². The highest BCUT2D eigenvalue weighted by Gasteiger charge is 2.38. The summed E-state index contributed by atoms with van der Waals surface area (Å²) in [6.07, 6.45) is -0.935. The summed E-state index contributed by atoms with van der Waals surface area (Å²) in [6.45, 7) is -1.06. The van der Waals surface area contributed by atoms with E-state index in [0.717, 1.165) is 5.56 Å². The Morgan fingerprint density at radius 2 is 1.51 bits per heavy atom. The summed E-state index contributed by atoms with van der Waals surface area (Å²) in [6, 6.07) is 24.6. The highest BCUT2D eigenvalue weighted by atomic mass is 32.2. The number of fused-ring (bicyclic) bond motifs is 1. The van der Waals surface area contributed by atoms with E-state index >= 15 is 0 Å². The van der Waals surface area contributed by atoms with Gasteiger partial charge in [-0.2, -0.15) is 0 Å². The third-order valence-electron chi connectivity index (χ3n) is 6.29. The van der Waals surface area contributed by atoms with Crippen LogP contribution >= 0.6 is 0 Å². The van der Waals surface area contributed by atoms with Gasteiger partial charge in [0.05, 0.1) is 12.3 Å². The Morgan fingerprint density at radius 1 is 0.897 bits per heavy atom. The minimum absolute atomic E-state index is 0.0210. The van der Waals surface area contributed by atoms with Gasteiger partial charge in [-0.05, 0) is 36.1 Å². The van der Waals surface area contributed by atoms with Crippen LogP contribution in [0.25, 0.3) is 11.1 Å². The Labute approximate surface area is 225 Å². The van der Waals surface area contributed by atoms with Gasteiger partial charge in [-0.15, -0.1) is 0 Å². The maximum atomic E-state index is 13.2. The van der Waals surface area contributed by atoms with E-state index in [0.29, 0.717) is 23.1 Å². The van der Waals surface area contributed by atoms with Gasteiger partial charge in [0, 0.05) is 6.54 Å². The molecule has 1 heterocycles. The van der Waals surface area contributed by atoms with Crippen LogP contribution < -0.4 is 10.6 Å². The van der Waals surface area contributed by atoms with E-state index in [9.17, 15) is 23.1 Å². The molecular weight excluding hydrogens is 522 g/mol. The molecule has 2 unspecified atom stereocenters. The van der Waals surface area contributed by atoms with E-state index in [4.69, 9.17) is 9.52 Å². The second kappa shape index (κ2) is 12.1. The average Bonchev–Trinajstić information content (AvgIpc) is 3.37. The Kier molecular flexibility index (Phi) is 8.62. The third-order valence-corrected chi connectivity index (χ3v) is 8.28. The number of aryl methyl sites for hydroxylation is 1. The molecule has 0 fully saturated rings. The molecule has 10 nitrogen and oxygen atoms in total. The van der Waals surface area contributed by atoms with Crippen molar-refractivity contribution >= 4 is 32.9 Å². The lowest BCUT2D eigenvalue weighted by molar-refractivity contribution is -0.122. The summed E-state index contributed by atoms with van der Waals surface area (Å²) in [5.41, 5.74) is 0.582. The summed E-state index contributed by atoms with van der Waals surface area (Å²) in [5, 5.41) is 23.5. The first-order chi connectivity index (χ1) is 18.7. The highest BCUT2D eigenvalue weighted by molar-refractivity contribution is 7.92. The van der Waals surface area contributed by atoms with Crippen LogP contribution in [0, 0.1) is 0 Å². The predicted molar refractivity (Wildman–Crippen MR) is 145 cm³/mol. The van der Waals surface area contributed by atoms with E-state index < -0.39 is 51.5 Å². The van der Waals surface area contributed by atoms with Crippen LogP contribution in [0.5, 0.6) is 0 Å². The fraction of sp³-hybridized carbons (Fsp3) is 0.250. The van der Waals surface area contributed by atoms with Gasteiger partial charge in [0.2, 0.25) is 11.8 Å². The number of carbonyl (C=O) groups excluding carboxylic acids is 1. The number of para-hydroxylation sites is 2. The molecule has 3 aromatic carbocycles. The first-order valence-corrected chi connectivity index (χ1v) is 14.0. The summed E-state index contributed by atoms with van der Waals surface area (Å²) in [5.74, 6) is -1.43. The van der Waals surface area contributed by atoms with E-state index in [1.807, 2.05) is 35.6 Å². The fourth-order valence-electron chi connectivity index (χ4n) is 4.16.